The lowest BCUT2D eigenvalue weighted by Crippen LogP contribution is -2.33. The summed E-state index contributed by atoms with van der Waals surface area (Å²) in [5, 5.41) is 3.38. The van der Waals surface area contributed by atoms with Crippen LogP contribution in [0.2, 0.25) is 5.02 Å². The van der Waals surface area contributed by atoms with E-state index in [4.69, 9.17) is 17.3 Å². The molecule has 0 atom stereocenters. The molecule has 0 amide bonds. The van der Waals surface area contributed by atoms with Gasteiger partial charge in [-0.2, -0.15) is 8.78 Å². The third-order valence-corrected chi connectivity index (χ3v) is 1.97. The topological polar surface area (TPSA) is 47.6 Å². The van der Waals surface area contributed by atoms with E-state index < -0.39 is 11.8 Å². The first-order valence-electron chi connectivity index (χ1n) is 3.99. The number of rotatable bonds is 3. The van der Waals surface area contributed by atoms with E-state index >= 15 is 0 Å². The standard InChI is InChI=1S/C9H9ClF2N2O/c1-15-14-8(13)9(11,12)6-2-4-7(10)5-3-6/h2-5H,1H3,(H2,13,14). The Morgan fingerprint density at radius 1 is 1.40 bits per heavy atom. The Labute approximate surface area is 90.5 Å². The van der Waals surface area contributed by atoms with Crippen molar-refractivity contribution in [2.45, 2.75) is 5.92 Å². The smallest absolute Gasteiger partial charge is 0.332 e. The largest absolute Gasteiger partial charge is 0.398 e. The van der Waals surface area contributed by atoms with Gasteiger partial charge < -0.3 is 10.6 Å². The van der Waals surface area contributed by atoms with Gasteiger partial charge in [-0.15, -0.1) is 0 Å². The Hall–Kier alpha value is -1.36. The average molecular weight is 235 g/mol. The summed E-state index contributed by atoms with van der Waals surface area (Å²) < 4.78 is 27.0. The number of halogens is 3. The lowest BCUT2D eigenvalue weighted by atomic mass is 10.1. The highest BCUT2D eigenvalue weighted by molar-refractivity contribution is 6.30. The number of nitrogens with two attached hydrogens (primary N) is 1. The maximum absolute atomic E-state index is 13.5. The number of oxime groups is 1. The Bertz CT molecular complexity index is 365. The predicted molar refractivity (Wildman–Crippen MR) is 54.0 cm³/mol. The minimum Gasteiger partial charge on any atom is -0.398 e. The van der Waals surface area contributed by atoms with Gasteiger partial charge in [-0.1, -0.05) is 28.9 Å². The summed E-state index contributed by atoms with van der Waals surface area (Å²) in [5.41, 5.74) is 4.79. The minimum absolute atomic E-state index is 0.287. The second kappa shape index (κ2) is 4.44. The van der Waals surface area contributed by atoms with Crippen LogP contribution in [-0.2, 0) is 10.8 Å². The molecule has 0 saturated heterocycles. The van der Waals surface area contributed by atoms with Crippen molar-refractivity contribution in [1.29, 1.82) is 0 Å². The maximum atomic E-state index is 13.5. The number of nitrogens with zero attached hydrogens (tertiary/aromatic N) is 1. The van der Waals surface area contributed by atoms with Gasteiger partial charge in [0.1, 0.15) is 7.11 Å². The minimum atomic E-state index is -3.36. The number of hydrogen-bond acceptors (Lipinski definition) is 2. The molecule has 0 aliphatic heterocycles. The van der Waals surface area contributed by atoms with Gasteiger partial charge in [0.25, 0.3) is 0 Å². The van der Waals surface area contributed by atoms with E-state index in [1.54, 1.807) is 0 Å². The zero-order valence-corrected chi connectivity index (χ0v) is 8.63. The van der Waals surface area contributed by atoms with Crippen molar-refractivity contribution in [3.05, 3.63) is 34.9 Å². The number of alkyl halides is 2. The summed E-state index contributed by atoms with van der Waals surface area (Å²) in [6.45, 7) is 0. The Morgan fingerprint density at radius 2 is 1.93 bits per heavy atom. The Balaban J connectivity index is 3.05. The highest BCUT2D eigenvalue weighted by Gasteiger charge is 2.37. The molecular formula is C9H9ClF2N2O. The zero-order valence-electron chi connectivity index (χ0n) is 7.88. The van der Waals surface area contributed by atoms with E-state index in [9.17, 15) is 8.78 Å². The molecule has 3 nitrogen and oxygen atoms in total. The van der Waals surface area contributed by atoms with Gasteiger partial charge in [0.15, 0.2) is 0 Å². The van der Waals surface area contributed by atoms with E-state index in [0.29, 0.717) is 5.02 Å². The summed E-state index contributed by atoms with van der Waals surface area (Å²) in [6, 6.07) is 5.07. The molecule has 0 heterocycles. The van der Waals surface area contributed by atoms with Crippen LogP contribution in [0.25, 0.3) is 0 Å². The van der Waals surface area contributed by atoms with Crippen LogP contribution in [0.3, 0.4) is 0 Å². The van der Waals surface area contributed by atoms with E-state index in [-0.39, 0.29) is 5.56 Å². The van der Waals surface area contributed by atoms with Crippen molar-refractivity contribution >= 4 is 17.4 Å². The van der Waals surface area contributed by atoms with Crippen molar-refractivity contribution < 1.29 is 13.6 Å². The molecule has 0 aromatic heterocycles. The third kappa shape index (κ3) is 2.56. The molecule has 1 rings (SSSR count). The first kappa shape index (κ1) is 11.7. The monoisotopic (exact) mass is 234 g/mol. The molecule has 0 radical (unpaired) electrons. The van der Waals surface area contributed by atoms with Gasteiger partial charge in [-0.3, -0.25) is 0 Å². The van der Waals surface area contributed by atoms with E-state index in [0.717, 1.165) is 7.11 Å². The molecule has 0 aliphatic carbocycles. The third-order valence-electron chi connectivity index (χ3n) is 1.72. The second-order valence-electron chi connectivity index (χ2n) is 2.74. The number of amidine groups is 1. The lowest BCUT2D eigenvalue weighted by Gasteiger charge is -2.15. The first-order valence-corrected chi connectivity index (χ1v) is 4.37. The van der Waals surface area contributed by atoms with Crippen LogP contribution >= 0.6 is 11.6 Å². The van der Waals surface area contributed by atoms with Crippen molar-refractivity contribution in [2.24, 2.45) is 10.9 Å². The molecule has 0 saturated carbocycles. The first-order chi connectivity index (χ1) is 6.98. The summed E-state index contributed by atoms with van der Waals surface area (Å²) in [5.74, 6) is -4.26. The average Bonchev–Trinajstić information content (AvgIpc) is 2.18. The van der Waals surface area contributed by atoms with Crippen molar-refractivity contribution in [3.63, 3.8) is 0 Å². The molecule has 0 spiro atoms. The molecule has 82 valence electrons. The summed E-state index contributed by atoms with van der Waals surface area (Å²) >= 11 is 5.57. The van der Waals surface area contributed by atoms with Crippen LogP contribution in [0.15, 0.2) is 29.4 Å². The SMILES string of the molecule is CON=C(N)C(F)(F)c1ccc(Cl)cc1. The number of benzene rings is 1. The van der Waals surface area contributed by atoms with Gasteiger partial charge in [0, 0.05) is 10.6 Å². The van der Waals surface area contributed by atoms with Gasteiger partial charge in [-0.25, -0.2) is 0 Å². The van der Waals surface area contributed by atoms with Crippen molar-refractivity contribution in [2.75, 3.05) is 7.11 Å². The van der Waals surface area contributed by atoms with Gasteiger partial charge >= 0.3 is 5.92 Å². The highest BCUT2D eigenvalue weighted by Crippen LogP contribution is 2.28. The summed E-state index contributed by atoms with van der Waals surface area (Å²) in [7, 11) is 1.14. The Morgan fingerprint density at radius 3 is 2.40 bits per heavy atom. The Kier molecular flexibility index (Phi) is 3.47. The van der Waals surface area contributed by atoms with Crippen LogP contribution in [0.5, 0.6) is 0 Å². The molecule has 0 bridgehead atoms. The van der Waals surface area contributed by atoms with Gasteiger partial charge in [0.05, 0.1) is 0 Å². The fraction of sp³-hybridized carbons (Fsp3) is 0.222. The summed E-state index contributed by atoms with van der Waals surface area (Å²) in [4.78, 5) is 4.19. The van der Waals surface area contributed by atoms with Crippen LogP contribution in [-0.4, -0.2) is 12.9 Å². The quantitative estimate of drug-likeness (QED) is 0.496. The van der Waals surface area contributed by atoms with Crippen LogP contribution in [0.1, 0.15) is 5.56 Å². The van der Waals surface area contributed by atoms with E-state index in [2.05, 4.69) is 9.99 Å². The van der Waals surface area contributed by atoms with Crippen LogP contribution < -0.4 is 5.73 Å². The molecule has 0 aliphatic rings. The molecule has 0 unspecified atom stereocenters. The lowest BCUT2D eigenvalue weighted by molar-refractivity contribution is 0.0671. The summed E-state index contributed by atoms with van der Waals surface area (Å²) in [6.07, 6.45) is 0. The van der Waals surface area contributed by atoms with E-state index in [1.807, 2.05) is 0 Å². The molecule has 1 aromatic rings. The fourth-order valence-corrected chi connectivity index (χ4v) is 1.09. The number of hydrogen-bond donors (Lipinski definition) is 1. The van der Waals surface area contributed by atoms with E-state index in [1.165, 1.54) is 24.3 Å². The fourth-order valence-electron chi connectivity index (χ4n) is 0.963. The molecule has 6 heteroatoms. The molecule has 0 fully saturated rings. The second-order valence-corrected chi connectivity index (χ2v) is 3.18. The molecule has 15 heavy (non-hydrogen) atoms. The van der Waals surface area contributed by atoms with Gasteiger partial charge in [0.2, 0.25) is 5.84 Å². The van der Waals surface area contributed by atoms with Gasteiger partial charge in [-0.05, 0) is 12.1 Å². The zero-order chi connectivity index (χ0) is 11.5. The van der Waals surface area contributed by atoms with Crippen molar-refractivity contribution in [3.8, 4) is 0 Å². The van der Waals surface area contributed by atoms with Crippen molar-refractivity contribution in [1.82, 2.24) is 0 Å². The van der Waals surface area contributed by atoms with Crippen LogP contribution in [0, 0.1) is 0 Å². The normalized spacial score (nSPS) is 12.7. The highest BCUT2D eigenvalue weighted by atomic mass is 35.5. The maximum Gasteiger partial charge on any atom is 0.332 e. The molecule has 1 aromatic carbocycles. The molecule has 2 N–H and O–H groups in total. The predicted octanol–water partition coefficient (Wildman–Crippen LogP) is 2.35. The molecular weight excluding hydrogens is 226 g/mol. The van der Waals surface area contributed by atoms with Crippen LogP contribution in [0.4, 0.5) is 8.78 Å².